The summed E-state index contributed by atoms with van der Waals surface area (Å²) < 4.78 is 0. The molecule has 1 unspecified atom stereocenters. The third-order valence-corrected chi connectivity index (χ3v) is 3.00. The van der Waals surface area contributed by atoms with Crippen LogP contribution in [0.5, 0.6) is 0 Å². The number of hydrogen-bond donors (Lipinski definition) is 1. The van der Waals surface area contributed by atoms with Crippen LogP contribution in [0.3, 0.4) is 0 Å². The van der Waals surface area contributed by atoms with Gasteiger partial charge in [-0.1, -0.05) is 19.1 Å². The van der Waals surface area contributed by atoms with Crippen LogP contribution in [0.15, 0.2) is 17.1 Å². The maximum absolute atomic E-state index is 4.35. The largest absolute Gasteiger partial charge is 0.356 e. The first-order valence-corrected chi connectivity index (χ1v) is 6.34. The van der Waals surface area contributed by atoms with E-state index in [0.717, 1.165) is 37.9 Å². The summed E-state index contributed by atoms with van der Waals surface area (Å²) in [4.78, 5) is 6.73. The molecule has 1 N–H and O–H groups in total. The highest BCUT2D eigenvalue weighted by atomic mass is 15.3. The molecule has 3 heteroatoms. The van der Waals surface area contributed by atoms with Gasteiger partial charge < -0.3 is 10.2 Å². The maximum atomic E-state index is 4.35. The summed E-state index contributed by atoms with van der Waals surface area (Å²) in [6, 6.07) is 0. The molecular weight excluding hydrogens is 198 g/mol. The lowest BCUT2D eigenvalue weighted by molar-refractivity contribution is 0.266. The Morgan fingerprint density at radius 3 is 3.00 bits per heavy atom. The van der Waals surface area contributed by atoms with E-state index in [2.05, 4.69) is 41.2 Å². The first-order valence-electron chi connectivity index (χ1n) is 6.34. The Kier molecular flexibility index (Phi) is 5.98. The maximum Gasteiger partial charge on any atom is 0.193 e. The van der Waals surface area contributed by atoms with Crippen molar-refractivity contribution in [3.05, 3.63) is 12.2 Å². The zero-order chi connectivity index (χ0) is 11.8. The lowest BCUT2D eigenvalue weighted by atomic mass is 10.0. The quantitative estimate of drug-likeness (QED) is 0.344. The van der Waals surface area contributed by atoms with Crippen molar-refractivity contribution in [2.75, 3.05) is 26.7 Å². The molecule has 0 aromatic carbocycles. The Morgan fingerprint density at radius 1 is 1.56 bits per heavy atom. The fraction of sp³-hybridized carbons (Fsp3) is 0.769. The monoisotopic (exact) mass is 223 g/mol. The molecule has 1 rings (SSSR count). The van der Waals surface area contributed by atoms with Gasteiger partial charge in [-0.05, 0) is 32.1 Å². The molecular formula is C13H25N3. The van der Waals surface area contributed by atoms with Gasteiger partial charge in [0.1, 0.15) is 0 Å². The van der Waals surface area contributed by atoms with Crippen molar-refractivity contribution in [2.45, 2.75) is 33.1 Å². The molecule has 0 bridgehead atoms. The van der Waals surface area contributed by atoms with Gasteiger partial charge in [0.2, 0.25) is 0 Å². The SMILES string of the molecule is CC=CCCNC(=NC)N1CCCC(C)C1. The van der Waals surface area contributed by atoms with Gasteiger partial charge in [0.05, 0.1) is 0 Å². The summed E-state index contributed by atoms with van der Waals surface area (Å²) in [6.07, 6.45) is 7.98. The Balaban J connectivity index is 2.35. The molecule has 1 heterocycles. The van der Waals surface area contributed by atoms with E-state index in [1.54, 1.807) is 0 Å². The number of nitrogens with one attached hydrogen (secondary N) is 1. The first kappa shape index (κ1) is 13.1. The van der Waals surface area contributed by atoms with Gasteiger partial charge in [-0.15, -0.1) is 0 Å². The van der Waals surface area contributed by atoms with Crippen molar-refractivity contribution >= 4 is 5.96 Å². The van der Waals surface area contributed by atoms with Gasteiger partial charge in [-0.2, -0.15) is 0 Å². The minimum atomic E-state index is 0.794. The van der Waals surface area contributed by atoms with Crippen LogP contribution < -0.4 is 5.32 Å². The molecule has 0 aromatic heterocycles. The Bertz CT molecular complexity index is 246. The second kappa shape index (κ2) is 7.31. The zero-order valence-corrected chi connectivity index (χ0v) is 10.9. The number of aliphatic imine (C=N–C) groups is 1. The first-order chi connectivity index (χ1) is 7.77. The topological polar surface area (TPSA) is 27.6 Å². The van der Waals surface area contributed by atoms with Gasteiger partial charge in [0, 0.05) is 26.7 Å². The molecule has 3 nitrogen and oxygen atoms in total. The molecule has 0 aliphatic carbocycles. The number of nitrogens with zero attached hydrogens (tertiary/aromatic N) is 2. The molecule has 16 heavy (non-hydrogen) atoms. The second-order valence-electron chi connectivity index (χ2n) is 4.53. The smallest absolute Gasteiger partial charge is 0.193 e. The van der Waals surface area contributed by atoms with E-state index < -0.39 is 0 Å². The van der Waals surface area contributed by atoms with Gasteiger partial charge >= 0.3 is 0 Å². The highest BCUT2D eigenvalue weighted by Gasteiger charge is 2.18. The number of likely N-dealkylation sites (tertiary alicyclic amines) is 1. The van der Waals surface area contributed by atoms with Crippen LogP contribution in [0, 0.1) is 5.92 Å². The van der Waals surface area contributed by atoms with E-state index in [4.69, 9.17) is 0 Å². The third kappa shape index (κ3) is 4.25. The third-order valence-electron chi connectivity index (χ3n) is 3.00. The van der Waals surface area contributed by atoms with Crippen molar-refractivity contribution in [1.82, 2.24) is 10.2 Å². The number of piperidine rings is 1. The van der Waals surface area contributed by atoms with E-state index in [1.165, 1.54) is 12.8 Å². The van der Waals surface area contributed by atoms with Crippen molar-refractivity contribution < 1.29 is 0 Å². The zero-order valence-electron chi connectivity index (χ0n) is 10.9. The fourth-order valence-electron chi connectivity index (χ4n) is 2.15. The molecule has 92 valence electrons. The molecule has 1 aliphatic rings. The minimum absolute atomic E-state index is 0.794. The average Bonchev–Trinajstić information content (AvgIpc) is 2.29. The number of guanidine groups is 1. The van der Waals surface area contributed by atoms with Crippen molar-refractivity contribution in [2.24, 2.45) is 10.9 Å². The molecule has 1 saturated heterocycles. The van der Waals surface area contributed by atoms with E-state index >= 15 is 0 Å². The van der Waals surface area contributed by atoms with Gasteiger partial charge in [0.25, 0.3) is 0 Å². The van der Waals surface area contributed by atoms with E-state index in [9.17, 15) is 0 Å². The minimum Gasteiger partial charge on any atom is -0.356 e. The highest BCUT2D eigenvalue weighted by Crippen LogP contribution is 2.15. The van der Waals surface area contributed by atoms with E-state index in [-0.39, 0.29) is 0 Å². The molecule has 1 aliphatic heterocycles. The molecule has 0 aromatic rings. The molecule has 0 saturated carbocycles. The molecule has 1 atom stereocenters. The second-order valence-corrected chi connectivity index (χ2v) is 4.53. The van der Waals surface area contributed by atoms with Crippen molar-refractivity contribution in [3.8, 4) is 0 Å². The molecule has 0 amide bonds. The predicted octanol–water partition coefficient (Wildman–Crippen LogP) is 2.26. The molecule has 0 radical (unpaired) electrons. The summed E-state index contributed by atoms with van der Waals surface area (Å²) in [5.41, 5.74) is 0. The normalized spacial score (nSPS) is 22.8. The summed E-state index contributed by atoms with van der Waals surface area (Å²) in [6.45, 7) is 7.64. The van der Waals surface area contributed by atoms with Crippen molar-refractivity contribution in [1.29, 1.82) is 0 Å². The van der Waals surface area contributed by atoms with E-state index in [0.29, 0.717) is 0 Å². The number of hydrogen-bond acceptors (Lipinski definition) is 1. The van der Waals surface area contributed by atoms with E-state index in [1.807, 2.05) is 7.05 Å². The van der Waals surface area contributed by atoms with Gasteiger partial charge in [-0.25, -0.2) is 0 Å². The average molecular weight is 223 g/mol. The fourth-order valence-corrected chi connectivity index (χ4v) is 2.15. The standard InChI is InChI=1S/C13H25N3/c1-4-5-6-9-15-13(14-3)16-10-7-8-12(2)11-16/h4-5,12H,6-11H2,1-3H3,(H,14,15). The van der Waals surface area contributed by atoms with Crippen LogP contribution in [-0.4, -0.2) is 37.5 Å². The van der Waals surface area contributed by atoms with Crippen LogP contribution in [0.1, 0.15) is 33.1 Å². The van der Waals surface area contributed by atoms with Crippen molar-refractivity contribution in [3.63, 3.8) is 0 Å². The van der Waals surface area contributed by atoms with Crippen LogP contribution in [0.4, 0.5) is 0 Å². The Hall–Kier alpha value is -0.990. The Labute approximate surface area is 99.6 Å². The molecule has 0 spiro atoms. The van der Waals surface area contributed by atoms with Crippen LogP contribution in [0.25, 0.3) is 0 Å². The summed E-state index contributed by atoms with van der Waals surface area (Å²) in [5, 5.41) is 3.42. The number of allylic oxidation sites excluding steroid dienone is 1. The summed E-state index contributed by atoms with van der Waals surface area (Å²) in [5.74, 6) is 1.86. The number of rotatable bonds is 3. The highest BCUT2D eigenvalue weighted by molar-refractivity contribution is 5.79. The molecule has 1 fully saturated rings. The Morgan fingerprint density at radius 2 is 2.38 bits per heavy atom. The predicted molar refractivity (Wildman–Crippen MR) is 70.8 cm³/mol. The van der Waals surface area contributed by atoms with Crippen LogP contribution in [-0.2, 0) is 0 Å². The van der Waals surface area contributed by atoms with Gasteiger partial charge in [0.15, 0.2) is 5.96 Å². The summed E-state index contributed by atoms with van der Waals surface area (Å²) >= 11 is 0. The lowest BCUT2D eigenvalue weighted by Crippen LogP contribution is -2.46. The van der Waals surface area contributed by atoms with Crippen LogP contribution in [0.2, 0.25) is 0 Å². The van der Waals surface area contributed by atoms with Gasteiger partial charge in [-0.3, -0.25) is 4.99 Å². The lowest BCUT2D eigenvalue weighted by Gasteiger charge is -2.33. The van der Waals surface area contributed by atoms with Crippen LogP contribution >= 0.6 is 0 Å². The summed E-state index contributed by atoms with van der Waals surface area (Å²) in [7, 11) is 1.87.